The number of amides is 2. The van der Waals surface area contributed by atoms with Crippen LogP contribution in [0.2, 0.25) is 5.02 Å². The van der Waals surface area contributed by atoms with Gasteiger partial charge < -0.3 is 20.1 Å². The van der Waals surface area contributed by atoms with Crippen molar-refractivity contribution in [2.75, 3.05) is 24.4 Å². The molecule has 1 aromatic heterocycles. The third-order valence-electron chi connectivity index (χ3n) is 6.03. The van der Waals surface area contributed by atoms with Gasteiger partial charge in [-0.05, 0) is 72.3 Å². The van der Waals surface area contributed by atoms with E-state index in [1.54, 1.807) is 54.6 Å². The molecule has 5 rings (SSSR count). The number of para-hydroxylation sites is 1. The molecule has 2 amide bonds. The van der Waals surface area contributed by atoms with E-state index in [0.29, 0.717) is 33.3 Å². The van der Waals surface area contributed by atoms with Crippen LogP contribution in [-0.2, 0) is 4.79 Å². The molecule has 0 unspecified atom stereocenters. The Morgan fingerprint density at radius 2 is 1.70 bits per heavy atom. The van der Waals surface area contributed by atoms with Gasteiger partial charge in [0.25, 0.3) is 11.8 Å². The highest BCUT2D eigenvalue weighted by Crippen LogP contribution is 2.28. The molecule has 0 aliphatic rings. The first-order valence-electron chi connectivity index (χ1n) is 13.0. The summed E-state index contributed by atoms with van der Waals surface area (Å²) in [5, 5.41) is 13.4. The number of halogens is 1. The van der Waals surface area contributed by atoms with E-state index in [2.05, 4.69) is 26.1 Å². The molecule has 0 atom stereocenters. The van der Waals surface area contributed by atoms with Gasteiger partial charge in [0, 0.05) is 32.9 Å². The Balaban J connectivity index is 1.13. The molecule has 0 bridgehead atoms. The molecule has 9 nitrogen and oxygen atoms in total. The summed E-state index contributed by atoms with van der Waals surface area (Å²) in [6.45, 7) is -0.213. The lowest BCUT2D eigenvalue weighted by atomic mass is 10.1. The Hall–Kier alpha value is -5.19. The summed E-state index contributed by atoms with van der Waals surface area (Å²) in [5.41, 5.74) is 6.94. The van der Waals surface area contributed by atoms with Crippen LogP contribution in [0.3, 0.4) is 0 Å². The summed E-state index contributed by atoms with van der Waals surface area (Å²) in [6.07, 6.45) is 1.49. The van der Waals surface area contributed by atoms with Crippen molar-refractivity contribution in [3.63, 3.8) is 0 Å². The number of hydrogen-bond donors (Lipinski definition) is 3. The fourth-order valence-corrected chi connectivity index (χ4v) is 4.75. The maximum atomic E-state index is 12.6. The van der Waals surface area contributed by atoms with Gasteiger partial charge >= 0.3 is 0 Å². The number of nitrogens with one attached hydrogen (secondary N) is 3. The molecule has 0 saturated carbocycles. The second-order valence-corrected chi connectivity index (χ2v) is 10.4. The fraction of sp³-hybridized carbons (Fsp3) is 0.0625. The number of anilines is 3. The van der Waals surface area contributed by atoms with Gasteiger partial charge in [-0.3, -0.25) is 9.59 Å². The maximum Gasteiger partial charge on any atom is 0.271 e. The number of carbonyl (C=O) groups excluding carboxylic acids is 2. The Morgan fingerprint density at radius 3 is 2.44 bits per heavy atom. The summed E-state index contributed by atoms with van der Waals surface area (Å²) < 4.78 is 11.0. The smallest absolute Gasteiger partial charge is 0.271 e. The van der Waals surface area contributed by atoms with Crippen molar-refractivity contribution in [1.29, 1.82) is 0 Å². The van der Waals surface area contributed by atoms with Crippen LogP contribution in [0, 0.1) is 0 Å². The highest BCUT2D eigenvalue weighted by Gasteiger charge is 2.10. The number of hydrazone groups is 1. The lowest BCUT2D eigenvalue weighted by Gasteiger charge is -2.11. The third-order valence-corrected chi connectivity index (χ3v) is 7.04. The predicted molar refractivity (Wildman–Crippen MR) is 171 cm³/mol. The van der Waals surface area contributed by atoms with Gasteiger partial charge in [-0.1, -0.05) is 41.9 Å². The minimum Gasteiger partial charge on any atom is -0.493 e. The largest absolute Gasteiger partial charge is 0.493 e. The standard InChI is InChI=1S/C32H26ClN5O4S/c1-41-29-17-21(7-16-28(29)42-19-30(39)35-26-14-12-24(33)13-15-26)18-34-38-31(40)23-10-8-22(9-11-23)27-20-43-32(37-27)36-25-5-3-2-4-6-25/h2-18,20H,19H2,1H3,(H,35,39)(H,36,37)(H,38,40)/b34-18-. The molecule has 3 N–H and O–H groups in total. The number of hydrogen-bond acceptors (Lipinski definition) is 8. The molecule has 216 valence electrons. The first kappa shape index (κ1) is 29.3. The molecule has 0 fully saturated rings. The summed E-state index contributed by atoms with van der Waals surface area (Å²) >= 11 is 7.38. The summed E-state index contributed by atoms with van der Waals surface area (Å²) in [5.74, 6) is 0.112. The van der Waals surface area contributed by atoms with Gasteiger partial charge in [-0.15, -0.1) is 11.3 Å². The molecular formula is C32H26ClN5O4S. The van der Waals surface area contributed by atoms with Crippen LogP contribution in [0.25, 0.3) is 11.3 Å². The highest BCUT2D eigenvalue weighted by molar-refractivity contribution is 7.14. The van der Waals surface area contributed by atoms with Crippen molar-refractivity contribution >= 4 is 57.5 Å². The van der Waals surface area contributed by atoms with Crippen molar-refractivity contribution in [2.45, 2.75) is 0 Å². The van der Waals surface area contributed by atoms with E-state index >= 15 is 0 Å². The van der Waals surface area contributed by atoms with Gasteiger partial charge in [-0.2, -0.15) is 5.10 Å². The van der Waals surface area contributed by atoms with Gasteiger partial charge in [0.2, 0.25) is 0 Å². The van der Waals surface area contributed by atoms with Crippen molar-refractivity contribution in [1.82, 2.24) is 10.4 Å². The van der Waals surface area contributed by atoms with Crippen LogP contribution in [0.5, 0.6) is 11.5 Å². The van der Waals surface area contributed by atoms with E-state index in [-0.39, 0.29) is 18.4 Å². The normalized spacial score (nSPS) is 10.7. The van der Waals surface area contributed by atoms with E-state index in [0.717, 1.165) is 22.1 Å². The van der Waals surface area contributed by atoms with Crippen LogP contribution in [0.4, 0.5) is 16.5 Å². The lowest BCUT2D eigenvalue weighted by Crippen LogP contribution is -2.20. The molecule has 0 saturated heterocycles. The van der Waals surface area contributed by atoms with Crippen LogP contribution in [0.15, 0.2) is 108 Å². The Kier molecular flexibility index (Phi) is 9.63. The van der Waals surface area contributed by atoms with Crippen LogP contribution < -0.4 is 25.5 Å². The number of carbonyl (C=O) groups is 2. The zero-order chi connectivity index (χ0) is 30.0. The quantitative estimate of drug-likeness (QED) is 0.109. The van der Waals surface area contributed by atoms with Crippen molar-refractivity contribution in [3.05, 3.63) is 119 Å². The monoisotopic (exact) mass is 611 g/mol. The number of thiazole rings is 1. The zero-order valence-electron chi connectivity index (χ0n) is 22.9. The van der Waals surface area contributed by atoms with Gasteiger partial charge in [0.1, 0.15) is 0 Å². The highest BCUT2D eigenvalue weighted by atomic mass is 35.5. The Labute approximate surface area is 257 Å². The average Bonchev–Trinajstić information content (AvgIpc) is 3.50. The SMILES string of the molecule is COc1cc(/C=N\NC(=O)c2ccc(-c3csc(Nc4ccccc4)n3)cc2)ccc1OCC(=O)Nc1ccc(Cl)cc1. The number of aromatic nitrogens is 1. The van der Waals surface area contributed by atoms with E-state index in [9.17, 15) is 9.59 Å². The summed E-state index contributed by atoms with van der Waals surface area (Å²) in [4.78, 5) is 29.5. The number of nitrogens with zero attached hydrogens (tertiary/aromatic N) is 2. The van der Waals surface area contributed by atoms with Gasteiger partial charge in [0.15, 0.2) is 23.2 Å². The molecule has 43 heavy (non-hydrogen) atoms. The number of rotatable bonds is 11. The van der Waals surface area contributed by atoms with Crippen molar-refractivity contribution < 1.29 is 19.1 Å². The van der Waals surface area contributed by atoms with E-state index in [4.69, 9.17) is 21.1 Å². The minimum atomic E-state index is -0.355. The van der Waals surface area contributed by atoms with Crippen LogP contribution in [0.1, 0.15) is 15.9 Å². The first-order valence-corrected chi connectivity index (χ1v) is 14.3. The second kappa shape index (κ2) is 14.1. The van der Waals surface area contributed by atoms with Crippen molar-refractivity contribution in [3.8, 4) is 22.8 Å². The van der Waals surface area contributed by atoms with E-state index in [1.807, 2.05) is 47.8 Å². The van der Waals surface area contributed by atoms with Gasteiger partial charge in [-0.25, -0.2) is 10.4 Å². The topological polar surface area (TPSA) is 114 Å². The third kappa shape index (κ3) is 8.19. The van der Waals surface area contributed by atoms with Crippen molar-refractivity contribution in [2.24, 2.45) is 5.10 Å². The van der Waals surface area contributed by atoms with E-state index < -0.39 is 0 Å². The first-order chi connectivity index (χ1) is 21.0. The molecule has 5 aromatic rings. The molecule has 1 heterocycles. The molecule has 0 spiro atoms. The molecular weight excluding hydrogens is 586 g/mol. The molecule has 4 aromatic carbocycles. The average molecular weight is 612 g/mol. The number of methoxy groups -OCH3 is 1. The minimum absolute atomic E-state index is 0.213. The number of benzene rings is 4. The Bertz CT molecular complexity index is 1730. The molecule has 0 aliphatic carbocycles. The predicted octanol–water partition coefficient (Wildman–Crippen LogP) is 7.00. The number of ether oxygens (including phenoxy) is 2. The summed E-state index contributed by atoms with van der Waals surface area (Å²) in [6, 6.07) is 28.8. The fourth-order valence-electron chi connectivity index (χ4n) is 3.89. The summed E-state index contributed by atoms with van der Waals surface area (Å²) in [7, 11) is 1.49. The molecule has 0 aliphatic heterocycles. The Morgan fingerprint density at radius 1 is 0.930 bits per heavy atom. The van der Waals surface area contributed by atoms with E-state index in [1.165, 1.54) is 24.7 Å². The molecule has 11 heteroatoms. The second-order valence-electron chi connectivity index (χ2n) is 9.06. The zero-order valence-corrected chi connectivity index (χ0v) is 24.5. The lowest BCUT2D eigenvalue weighted by molar-refractivity contribution is -0.118. The van der Waals surface area contributed by atoms with Crippen LogP contribution >= 0.6 is 22.9 Å². The maximum absolute atomic E-state index is 12.6. The van der Waals surface area contributed by atoms with Crippen LogP contribution in [-0.4, -0.2) is 36.7 Å². The van der Waals surface area contributed by atoms with Gasteiger partial charge in [0.05, 0.1) is 19.0 Å². The molecule has 0 radical (unpaired) electrons.